The summed E-state index contributed by atoms with van der Waals surface area (Å²) in [5.74, 6) is -1.07. The molecule has 0 fully saturated rings. The molecule has 1 amide bonds. The minimum absolute atomic E-state index is 0.147. The predicted octanol–water partition coefficient (Wildman–Crippen LogP) is 3.18. The fourth-order valence-corrected chi connectivity index (χ4v) is 2.41. The fraction of sp³-hybridized carbons (Fsp3) is 0.429. The Kier molecular flexibility index (Phi) is 6.73. The number of halogens is 2. The summed E-state index contributed by atoms with van der Waals surface area (Å²) < 4.78 is 5.90. The van der Waals surface area contributed by atoms with Gasteiger partial charge in [-0.1, -0.05) is 25.4 Å². The molecule has 116 valence electrons. The number of hydrogen-bond acceptors (Lipinski definition) is 3. The zero-order valence-electron chi connectivity index (χ0n) is 11.9. The van der Waals surface area contributed by atoms with Crippen LogP contribution in [0.4, 0.5) is 0 Å². The number of carbonyl (C=O) groups is 2. The third-order valence-corrected chi connectivity index (χ3v) is 4.32. The van der Waals surface area contributed by atoms with Gasteiger partial charge in [0, 0.05) is 3.57 Å². The highest BCUT2D eigenvalue weighted by atomic mass is 127. The van der Waals surface area contributed by atoms with Crippen LogP contribution in [0.3, 0.4) is 0 Å². The van der Waals surface area contributed by atoms with Crippen molar-refractivity contribution in [2.75, 3.05) is 7.11 Å². The van der Waals surface area contributed by atoms with Gasteiger partial charge in [-0.05, 0) is 47.1 Å². The smallest absolute Gasteiger partial charge is 0.326 e. The van der Waals surface area contributed by atoms with E-state index in [2.05, 4.69) is 5.32 Å². The average molecular weight is 426 g/mol. The molecule has 0 aliphatic heterocycles. The predicted molar refractivity (Wildman–Crippen MR) is 89.1 cm³/mol. The van der Waals surface area contributed by atoms with E-state index in [9.17, 15) is 9.59 Å². The molecular weight excluding hydrogens is 409 g/mol. The molecule has 21 heavy (non-hydrogen) atoms. The van der Waals surface area contributed by atoms with Crippen molar-refractivity contribution in [3.05, 3.63) is 26.3 Å². The topological polar surface area (TPSA) is 75.6 Å². The maximum atomic E-state index is 12.3. The summed E-state index contributed by atoms with van der Waals surface area (Å²) in [7, 11) is 1.44. The number of amides is 1. The van der Waals surface area contributed by atoms with E-state index in [1.807, 2.05) is 36.4 Å². The first-order valence-electron chi connectivity index (χ1n) is 6.33. The summed E-state index contributed by atoms with van der Waals surface area (Å²) >= 11 is 8.04. The Balaban J connectivity index is 3.02. The maximum absolute atomic E-state index is 12.3. The Morgan fingerprint density at radius 2 is 2.05 bits per heavy atom. The van der Waals surface area contributed by atoms with E-state index in [-0.39, 0.29) is 11.5 Å². The first-order valence-corrected chi connectivity index (χ1v) is 7.78. The van der Waals surface area contributed by atoms with Gasteiger partial charge in [0.05, 0.1) is 17.7 Å². The van der Waals surface area contributed by atoms with Crippen molar-refractivity contribution in [1.29, 1.82) is 0 Å². The molecule has 1 aromatic carbocycles. The maximum Gasteiger partial charge on any atom is 0.326 e. The van der Waals surface area contributed by atoms with Gasteiger partial charge in [0.1, 0.15) is 11.8 Å². The van der Waals surface area contributed by atoms with Crippen molar-refractivity contribution < 1.29 is 19.4 Å². The van der Waals surface area contributed by atoms with Gasteiger partial charge in [-0.3, -0.25) is 4.79 Å². The number of rotatable bonds is 6. The first-order chi connectivity index (χ1) is 9.76. The van der Waals surface area contributed by atoms with Crippen LogP contribution in [-0.2, 0) is 4.79 Å². The first kappa shape index (κ1) is 18.0. The third-order valence-electron chi connectivity index (χ3n) is 2.80. The second-order valence-electron chi connectivity index (χ2n) is 4.96. The van der Waals surface area contributed by atoms with E-state index in [0.29, 0.717) is 17.2 Å². The standard InChI is InChI=1S/C14H17ClINO4/c1-7(2)4-11(14(19)20)17-13(18)8-5-9(15)10(16)6-12(8)21-3/h5-7,11H,4H2,1-3H3,(H,17,18)(H,19,20). The molecule has 0 bridgehead atoms. The number of methoxy groups -OCH3 is 1. The molecule has 7 heteroatoms. The molecule has 1 unspecified atom stereocenters. The molecule has 0 radical (unpaired) electrons. The van der Waals surface area contributed by atoms with E-state index in [1.165, 1.54) is 13.2 Å². The summed E-state index contributed by atoms with van der Waals surface area (Å²) in [5.41, 5.74) is 0.220. The summed E-state index contributed by atoms with van der Waals surface area (Å²) in [6, 6.07) is 2.17. The van der Waals surface area contributed by atoms with Crippen LogP contribution in [0.25, 0.3) is 0 Å². The SMILES string of the molecule is COc1cc(I)c(Cl)cc1C(=O)NC(CC(C)C)C(=O)O. The van der Waals surface area contributed by atoms with Crippen LogP contribution in [0, 0.1) is 9.49 Å². The van der Waals surface area contributed by atoms with Crippen molar-refractivity contribution in [2.45, 2.75) is 26.3 Å². The van der Waals surface area contributed by atoms with Crippen LogP contribution >= 0.6 is 34.2 Å². The molecule has 0 saturated carbocycles. The number of nitrogens with one attached hydrogen (secondary N) is 1. The van der Waals surface area contributed by atoms with Crippen LogP contribution in [0.2, 0.25) is 5.02 Å². The Morgan fingerprint density at radius 1 is 1.43 bits per heavy atom. The Bertz CT molecular complexity index is 548. The minimum atomic E-state index is -1.06. The average Bonchev–Trinajstić information content (AvgIpc) is 2.39. The molecule has 0 spiro atoms. The lowest BCUT2D eigenvalue weighted by atomic mass is 10.0. The zero-order chi connectivity index (χ0) is 16.2. The summed E-state index contributed by atoms with van der Waals surface area (Å²) in [4.78, 5) is 23.5. The molecule has 0 heterocycles. The molecule has 2 N–H and O–H groups in total. The number of aliphatic carboxylic acids is 1. The quantitative estimate of drug-likeness (QED) is 0.687. The molecule has 0 aliphatic rings. The second-order valence-corrected chi connectivity index (χ2v) is 6.53. The molecule has 5 nitrogen and oxygen atoms in total. The number of carbonyl (C=O) groups excluding carboxylic acids is 1. The van der Waals surface area contributed by atoms with Gasteiger partial charge in [-0.2, -0.15) is 0 Å². The Hall–Kier alpha value is -1.02. The lowest BCUT2D eigenvalue weighted by Crippen LogP contribution is -2.41. The van der Waals surface area contributed by atoms with Crippen molar-refractivity contribution in [3.8, 4) is 5.75 Å². The zero-order valence-corrected chi connectivity index (χ0v) is 14.9. The minimum Gasteiger partial charge on any atom is -0.496 e. The van der Waals surface area contributed by atoms with Gasteiger partial charge in [0.15, 0.2) is 0 Å². The largest absolute Gasteiger partial charge is 0.496 e. The fourth-order valence-electron chi connectivity index (χ4n) is 1.80. The molecule has 0 aliphatic carbocycles. The number of benzene rings is 1. The van der Waals surface area contributed by atoms with Crippen LogP contribution in [0.5, 0.6) is 5.75 Å². The number of hydrogen-bond donors (Lipinski definition) is 2. The number of carboxylic acid groups (broad SMARTS) is 1. The van der Waals surface area contributed by atoms with Gasteiger partial charge in [-0.25, -0.2) is 4.79 Å². The van der Waals surface area contributed by atoms with Crippen LogP contribution in [-0.4, -0.2) is 30.1 Å². The highest BCUT2D eigenvalue weighted by Gasteiger charge is 2.24. The molecule has 0 saturated heterocycles. The summed E-state index contributed by atoms with van der Waals surface area (Å²) in [5, 5.41) is 12.1. The number of ether oxygens (including phenoxy) is 1. The Labute approximate surface area is 142 Å². The lowest BCUT2D eigenvalue weighted by molar-refractivity contribution is -0.139. The van der Waals surface area contributed by atoms with E-state index in [1.54, 1.807) is 6.07 Å². The van der Waals surface area contributed by atoms with Gasteiger partial charge < -0.3 is 15.2 Å². The monoisotopic (exact) mass is 425 g/mol. The third kappa shape index (κ3) is 5.03. The normalized spacial score (nSPS) is 12.1. The van der Waals surface area contributed by atoms with Crippen LogP contribution in [0.1, 0.15) is 30.6 Å². The number of carboxylic acids is 1. The molecule has 1 rings (SSSR count). The van der Waals surface area contributed by atoms with E-state index in [0.717, 1.165) is 3.57 Å². The van der Waals surface area contributed by atoms with Crippen molar-refractivity contribution in [2.24, 2.45) is 5.92 Å². The molecule has 0 aromatic heterocycles. The van der Waals surface area contributed by atoms with Crippen molar-refractivity contribution >= 4 is 46.1 Å². The highest BCUT2D eigenvalue weighted by Crippen LogP contribution is 2.28. The van der Waals surface area contributed by atoms with E-state index in [4.69, 9.17) is 21.4 Å². The van der Waals surface area contributed by atoms with Gasteiger partial charge in [0.2, 0.25) is 0 Å². The van der Waals surface area contributed by atoms with Crippen LogP contribution < -0.4 is 10.1 Å². The van der Waals surface area contributed by atoms with Gasteiger partial charge >= 0.3 is 5.97 Å². The lowest BCUT2D eigenvalue weighted by Gasteiger charge is -2.17. The van der Waals surface area contributed by atoms with Crippen LogP contribution in [0.15, 0.2) is 12.1 Å². The summed E-state index contributed by atoms with van der Waals surface area (Å²) in [6.07, 6.45) is 0.349. The van der Waals surface area contributed by atoms with Gasteiger partial charge in [0.25, 0.3) is 5.91 Å². The highest BCUT2D eigenvalue weighted by molar-refractivity contribution is 14.1. The second kappa shape index (κ2) is 7.84. The molecule has 1 atom stereocenters. The van der Waals surface area contributed by atoms with Crippen molar-refractivity contribution in [1.82, 2.24) is 5.32 Å². The van der Waals surface area contributed by atoms with E-state index < -0.39 is 17.9 Å². The van der Waals surface area contributed by atoms with E-state index >= 15 is 0 Å². The molecule has 1 aromatic rings. The van der Waals surface area contributed by atoms with Crippen molar-refractivity contribution in [3.63, 3.8) is 0 Å². The Morgan fingerprint density at radius 3 is 2.52 bits per heavy atom. The molecular formula is C14H17ClINO4. The summed E-state index contributed by atoms with van der Waals surface area (Å²) in [6.45, 7) is 3.79. The van der Waals surface area contributed by atoms with Gasteiger partial charge in [-0.15, -0.1) is 0 Å².